The predicted octanol–water partition coefficient (Wildman–Crippen LogP) is -0.475. The van der Waals surface area contributed by atoms with Crippen LogP contribution < -0.4 is 0 Å². The quantitative estimate of drug-likeness (QED) is 0.528. The molecule has 0 aliphatic carbocycles. The maximum atomic E-state index is 0. The van der Waals surface area contributed by atoms with E-state index in [9.17, 15) is 0 Å². The molecule has 0 aliphatic heterocycles. The van der Waals surface area contributed by atoms with Gasteiger partial charge >= 0.3 is 19.8 Å². The largest absolute Gasteiger partial charge is 3.00 e. The van der Waals surface area contributed by atoms with Gasteiger partial charge in [-0.25, -0.2) is 0 Å². The second kappa shape index (κ2) is 20.1. The van der Waals surface area contributed by atoms with Crippen LogP contribution in [0.15, 0.2) is 0 Å². The van der Waals surface area contributed by atoms with Gasteiger partial charge < -0.3 is 6.15 Å². The van der Waals surface area contributed by atoms with Crippen molar-refractivity contribution in [2.75, 3.05) is 0 Å². The minimum absolute atomic E-state index is 0. The van der Waals surface area contributed by atoms with Gasteiger partial charge in [0, 0.05) is 42.9 Å². The summed E-state index contributed by atoms with van der Waals surface area (Å²) in [5.41, 5.74) is 0. The summed E-state index contributed by atoms with van der Waals surface area (Å²) in [6, 6.07) is 0. The molecule has 0 amide bonds. The average Bonchev–Trinajstić information content (AvgIpc) is 0. The summed E-state index contributed by atoms with van der Waals surface area (Å²) >= 11 is 0. The minimum atomic E-state index is 0. The van der Waals surface area contributed by atoms with Crippen molar-refractivity contribution < 1.29 is 17.1 Å². The SMILES string of the molecule is [Cu].[Ga+3].[In].[N-3]. The number of hydrogen-bond donors (Lipinski definition) is 0. The van der Waals surface area contributed by atoms with Crippen molar-refractivity contribution in [2.24, 2.45) is 0 Å². The molecule has 0 heterocycles. The fraction of sp³-hybridized carbons (Fsp3) is 0. The smallest absolute Gasteiger partial charge is 3.00 e. The topological polar surface area (TPSA) is 30.5 Å². The molecule has 0 fully saturated rings. The van der Waals surface area contributed by atoms with Crippen LogP contribution in [-0.2, 0) is 17.1 Å². The Morgan fingerprint density at radius 3 is 1.00 bits per heavy atom. The molecule has 0 aliphatic rings. The van der Waals surface area contributed by atoms with Gasteiger partial charge in [0.25, 0.3) is 0 Å². The van der Waals surface area contributed by atoms with Crippen molar-refractivity contribution in [1.82, 2.24) is 0 Å². The first-order valence-electron chi connectivity index (χ1n) is 0. The molecule has 0 unspecified atom stereocenters. The molecule has 0 saturated heterocycles. The second-order valence-electron chi connectivity index (χ2n) is 0. The van der Waals surface area contributed by atoms with E-state index in [-0.39, 0.29) is 68.9 Å². The van der Waals surface area contributed by atoms with Gasteiger partial charge in [-0.05, 0) is 0 Å². The van der Waals surface area contributed by atoms with E-state index in [0.717, 1.165) is 0 Å². The maximum Gasteiger partial charge on any atom is 3.00 e. The Labute approximate surface area is 68.2 Å². The summed E-state index contributed by atoms with van der Waals surface area (Å²) in [5, 5.41) is 0. The van der Waals surface area contributed by atoms with Gasteiger partial charge in [-0.2, -0.15) is 0 Å². The zero-order valence-corrected chi connectivity index (χ0v) is 8.56. The molecule has 4 heavy (non-hydrogen) atoms. The van der Waals surface area contributed by atoms with Gasteiger partial charge in [0.2, 0.25) is 0 Å². The first kappa shape index (κ1) is 37.7. The van der Waals surface area contributed by atoms with E-state index in [1.165, 1.54) is 0 Å². The van der Waals surface area contributed by atoms with Crippen molar-refractivity contribution in [2.45, 2.75) is 0 Å². The zero-order chi connectivity index (χ0) is 0. The van der Waals surface area contributed by atoms with Crippen LogP contribution in [0.1, 0.15) is 0 Å². The molecule has 22 valence electrons. The molecule has 0 N–H and O–H groups in total. The second-order valence-corrected chi connectivity index (χ2v) is 0. The van der Waals surface area contributed by atoms with Crippen molar-refractivity contribution in [3.63, 3.8) is 0 Å². The Balaban J connectivity index is 0. The molecule has 0 saturated carbocycles. The third-order valence-electron chi connectivity index (χ3n) is 0. The number of rotatable bonds is 0. The Morgan fingerprint density at radius 1 is 1.00 bits per heavy atom. The Morgan fingerprint density at radius 2 is 1.00 bits per heavy atom. The van der Waals surface area contributed by atoms with Crippen molar-refractivity contribution in [1.29, 1.82) is 0 Å². The molecule has 4 radical (unpaired) electrons. The fourth-order valence-electron chi connectivity index (χ4n) is 0. The van der Waals surface area contributed by atoms with Crippen molar-refractivity contribution in [3.8, 4) is 0 Å². The number of hydrogen-bond acceptors (Lipinski definition) is 0. The summed E-state index contributed by atoms with van der Waals surface area (Å²) in [7, 11) is 0. The minimum Gasteiger partial charge on any atom is -3.00 e. The first-order chi connectivity index (χ1) is 0. The predicted molar refractivity (Wildman–Crippen MR) is 14.9 cm³/mol. The van der Waals surface area contributed by atoms with E-state index in [4.69, 9.17) is 0 Å². The van der Waals surface area contributed by atoms with Crippen LogP contribution in [0.3, 0.4) is 0 Å². The van der Waals surface area contributed by atoms with E-state index < -0.39 is 0 Å². The van der Waals surface area contributed by atoms with Crippen LogP contribution in [-0.4, -0.2) is 45.6 Å². The van der Waals surface area contributed by atoms with Crippen LogP contribution in [0.4, 0.5) is 0 Å². The van der Waals surface area contributed by atoms with E-state index in [0.29, 0.717) is 0 Å². The molecule has 1 nitrogen and oxygen atoms in total. The Bertz CT molecular complexity index is 8.00. The van der Waals surface area contributed by atoms with Crippen LogP contribution in [0.2, 0.25) is 0 Å². The van der Waals surface area contributed by atoms with Gasteiger partial charge in [-0.3, -0.25) is 0 Å². The monoisotopic (exact) mass is 261 g/mol. The molecule has 0 bridgehead atoms. The van der Waals surface area contributed by atoms with Gasteiger partial charge in [-0.1, -0.05) is 0 Å². The van der Waals surface area contributed by atoms with Gasteiger partial charge in [0.05, 0.1) is 0 Å². The third kappa shape index (κ3) is 9.01. The summed E-state index contributed by atoms with van der Waals surface area (Å²) in [5.74, 6) is 0. The maximum absolute atomic E-state index is 0. The first-order valence-corrected chi connectivity index (χ1v) is 0. The van der Waals surface area contributed by atoms with Gasteiger partial charge in [0.1, 0.15) is 0 Å². The molecular formula is CuGaInN. The van der Waals surface area contributed by atoms with Crippen LogP contribution >= 0.6 is 0 Å². The van der Waals surface area contributed by atoms with E-state index in [1.807, 2.05) is 0 Å². The van der Waals surface area contributed by atoms with Crippen LogP contribution in [0.25, 0.3) is 6.15 Å². The molecule has 4 heteroatoms. The Hall–Kier alpha value is 1.99. The summed E-state index contributed by atoms with van der Waals surface area (Å²) < 4.78 is 0. The molecule has 0 rings (SSSR count). The van der Waals surface area contributed by atoms with Crippen LogP contribution in [0, 0.1) is 0 Å². The third-order valence-corrected chi connectivity index (χ3v) is 0. The fourth-order valence-corrected chi connectivity index (χ4v) is 0. The summed E-state index contributed by atoms with van der Waals surface area (Å²) in [6.07, 6.45) is 0. The van der Waals surface area contributed by atoms with E-state index in [2.05, 4.69) is 0 Å². The molecule has 0 aromatic heterocycles. The average molecular weight is 262 g/mol. The summed E-state index contributed by atoms with van der Waals surface area (Å²) in [6.45, 7) is 0. The van der Waals surface area contributed by atoms with E-state index >= 15 is 0 Å². The zero-order valence-electron chi connectivity index (χ0n) is 1.90. The standard InChI is InChI=1S/Cu.Ga.In.N/q;+3;;-3. The van der Waals surface area contributed by atoms with Gasteiger partial charge in [0.15, 0.2) is 0 Å². The molecule has 0 aromatic carbocycles. The van der Waals surface area contributed by atoms with Crippen molar-refractivity contribution in [3.05, 3.63) is 6.15 Å². The molecule has 0 aromatic rings. The molecule has 0 atom stereocenters. The normalized spacial score (nSPS) is 0. The van der Waals surface area contributed by atoms with Gasteiger partial charge in [-0.15, -0.1) is 0 Å². The Kier molecular flexibility index (Phi) is 189. The van der Waals surface area contributed by atoms with Crippen LogP contribution in [0.5, 0.6) is 0 Å². The molecule has 0 spiro atoms. The van der Waals surface area contributed by atoms with E-state index in [1.54, 1.807) is 0 Å². The van der Waals surface area contributed by atoms with Crippen molar-refractivity contribution >= 4 is 45.6 Å². The summed E-state index contributed by atoms with van der Waals surface area (Å²) in [4.78, 5) is 0. The number of nitrogens with zero attached hydrogens (tertiary/aromatic N) is 1. The molecular weight excluding hydrogens is 262 g/mol.